The Bertz CT molecular complexity index is 376. The fourth-order valence-corrected chi connectivity index (χ4v) is 3.87. The fraction of sp³-hybridized carbons (Fsp3) is 0.882. The van der Waals surface area contributed by atoms with Crippen LogP contribution in [-0.4, -0.2) is 29.9 Å². The summed E-state index contributed by atoms with van der Waals surface area (Å²) < 4.78 is 0. The molecule has 0 aliphatic heterocycles. The zero-order valence-electron chi connectivity index (χ0n) is 13.3. The topological polar surface area (TPSA) is 70.1 Å². The normalized spacial score (nSPS) is 28.6. The second-order valence-corrected chi connectivity index (χ2v) is 6.91. The van der Waals surface area contributed by atoms with E-state index >= 15 is 0 Å². The lowest BCUT2D eigenvalue weighted by Gasteiger charge is -2.34. The predicted molar refractivity (Wildman–Crippen MR) is 83.3 cm³/mol. The van der Waals surface area contributed by atoms with Crippen LogP contribution in [0.1, 0.15) is 64.2 Å². The average Bonchev–Trinajstić information content (AvgIpc) is 2.55. The molecule has 0 spiro atoms. The minimum atomic E-state index is 0.0238. The molecular weight excluding hydrogens is 262 g/mol. The molecule has 1 atom stereocenters. The van der Waals surface area contributed by atoms with Crippen molar-refractivity contribution in [3.63, 3.8) is 0 Å². The van der Waals surface area contributed by atoms with E-state index < -0.39 is 0 Å². The number of carbonyl (C=O) groups is 1. The maximum atomic E-state index is 12.4. The summed E-state index contributed by atoms with van der Waals surface area (Å²) in [5.74, 6) is 0.910. The van der Waals surface area contributed by atoms with Crippen LogP contribution in [0.25, 0.3) is 0 Å². The highest BCUT2D eigenvalue weighted by molar-refractivity contribution is 5.76. The minimum absolute atomic E-state index is 0.0238. The van der Waals surface area contributed by atoms with Crippen LogP contribution < -0.4 is 5.73 Å². The summed E-state index contributed by atoms with van der Waals surface area (Å²) >= 11 is 0. The van der Waals surface area contributed by atoms with Gasteiger partial charge in [0.25, 0.3) is 0 Å². The Morgan fingerprint density at radius 3 is 2.38 bits per heavy atom. The van der Waals surface area contributed by atoms with Crippen molar-refractivity contribution in [2.45, 2.75) is 76.3 Å². The molecule has 2 aliphatic carbocycles. The molecule has 0 aromatic heterocycles. The van der Waals surface area contributed by atoms with Gasteiger partial charge in [0.1, 0.15) is 0 Å². The van der Waals surface area contributed by atoms with Crippen molar-refractivity contribution in [3.05, 3.63) is 0 Å². The van der Waals surface area contributed by atoms with Crippen LogP contribution in [0.5, 0.6) is 0 Å². The Morgan fingerprint density at radius 1 is 1.19 bits per heavy atom. The zero-order chi connectivity index (χ0) is 15.2. The third-order valence-corrected chi connectivity index (χ3v) is 5.49. The molecule has 21 heavy (non-hydrogen) atoms. The molecule has 0 aromatic carbocycles. The molecule has 118 valence electrons. The fourth-order valence-electron chi connectivity index (χ4n) is 3.87. The van der Waals surface area contributed by atoms with Crippen LogP contribution in [0.2, 0.25) is 0 Å². The second-order valence-electron chi connectivity index (χ2n) is 6.91. The summed E-state index contributed by atoms with van der Waals surface area (Å²) in [7, 11) is 1.91. The van der Waals surface area contributed by atoms with E-state index in [1.54, 1.807) is 0 Å². The number of hydrogen-bond donors (Lipinski definition) is 1. The first-order chi connectivity index (χ1) is 10.1. The van der Waals surface area contributed by atoms with Gasteiger partial charge in [-0.2, -0.15) is 5.26 Å². The molecule has 4 nitrogen and oxygen atoms in total. The lowest BCUT2D eigenvalue weighted by Crippen LogP contribution is -2.43. The number of nitrogens with two attached hydrogens (primary N) is 1. The van der Waals surface area contributed by atoms with Gasteiger partial charge in [-0.25, -0.2) is 0 Å². The third-order valence-electron chi connectivity index (χ3n) is 5.49. The van der Waals surface area contributed by atoms with Crippen LogP contribution in [-0.2, 0) is 4.79 Å². The van der Waals surface area contributed by atoms with E-state index in [1.807, 2.05) is 11.9 Å². The first-order valence-electron chi connectivity index (χ1n) is 8.52. The summed E-state index contributed by atoms with van der Waals surface area (Å²) in [6, 6.07) is 2.67. The van der Waals surface area contributed by atoms with Crippen molar-refractivity contribution < 1.29 is 4.79 Å². The quantitative estimate of drug-likeness (QED) is 0.866. The van der Waals surface area contributed by atoms with Gasteiger partial charge in [0.15, 0.2) is 0 Å². The molecule has 2 aliphatic rings. The molecule has 4 heteroatoms. The lowest BCUT2D eigenvalue weighted by molar-refractivity contribution is -0.133. The van der Waals surface area contributed by atoms with Crippen molar-refractivity contribution >= 4 is 5.91 Å². The van der Waals surface area contributed by atoms with Crippen molar-refractivity contribution in [1.29, 1.82) is 5.26 Å². The summed E-state index contributed by atoms with van der Waals surface area (Å²) in [5.41, 5.74) is 6.27. The summed E-state index contributed by atoms with van der Waals surface area (Å²) in [5, 5.41) is 8.94. The lowest BCUT2D eigenvalue weighted by atomic mass is 9.82. The molecule has 2 N–H and O–H groups in total. The number of rotatable bonds is 4. The predicted octanol–water partition coefficient (Wildman–Crippen LogP) is 2.82. The Morgan fingerprint density at radius 2 is 1.81 bits per heavy atom. The van der Waals surface area contributed by atoms with Gasteiger partial charge >= 0.3 is 0 Å². The molecule has 0 bridgehead atoms. The van der Waals surface area contributed by atoms with E-state index in [0.717, 1.165) is 25.7 Å². The van der Waals surface area contributed by atoms with Gasteiger partial charge in [-0.3, -0.25) is 4.79 Å². The summed E-state index contributed by atoms with van der Waals surface area (Å²) in [6.07, 6.45) is 10.5. The first kappa shape index (κ1) is 16.3. The number of nitriles is 1. The van der Waals surface area contributed by atoms with E-state index in [2.05, 4.69) is 6.07 Å². The summed E-state index contributed by atoms with van der Waals surface area (Å²) in [4.78, 5) is 14.3. The number of nitrogens with zero attached hydrogens (tertiary/aromatic N) is 2. The van der Waals surface area contributed by atoms with Gasteiger partial charge in [0, 0.05) is 31.5 Å². The summed E-state index contributed by atoms with van der Waals surface area (Å²) in [6.45, 7) is 0. The molecular formula is C17H29N3O. The highest BCUT2D eigenvalue weighted by Gasteiger charge is 2.29. The molecule has 2 fully saturated rings. The highest BCUT2D eigenvalue weighted by Crippen LogP contribution is 2.29. The Kier molecular flexibility index (Phi) is 6.05. The highest BCUT2D eigenvalue weighted by atomic mass is 16.2. The van der Waals surface area contributed by atoms with E-state index in [-0.39, 0.29) is 17.9 Å². The Labute approximate surface area is 128 Å². The molecule has 2 rings (SSSR count). The van der Waals surface area contributed by atoms with Crippen LogP contribution in [0, 0.1) is 23.2 Å². The molecule has 0 saturated heterocycles. The van der Waals surface area contributed by atoms with Crippen molar-refractivity contribution in [1.82, 2.24) is 4.90 Å². The molecule has 1 amide bonds. The van der Waals surface area contributed by atoms with Gasteiger partial charge in [-0.15, -0.1) is 0 Å². The number of hydrogen-bond acceptors (Lipinski definition) is 3. The van der Waals surface area contributed by atoms with Gasteiger partial charge < -0.3 is 10.6 Å². The Hall–Kier alpha value is -1.08. The van der Waals surface area contributed by atoms with E-state index in [1.165, 1.54) is 32.1 Å². The first-order valence-corrected chi connectivity index (χ1v) is 8.52. The van der Waals surface area contributed by atoms with Crippen LogP contribution in [0.15, 0.2) is 0 Å². The molecule has 0 unspecified atom stereocenters. The van der Waals surface area contributed by atoms with Crippen molar-refractivity contribution in [2.24, 2.45) is 17.6 Å². The van der Waals surface area contributed by atoms with E-state index in [9.17, 15) is 4.79 Å². The molecule has 0 radical (unpaired) electrons. The number of carbonyl (C=O) groups excluding carboxylic acids is 1. The van der Waals surface area contributed by atoms with Crippen LogP contribution >= 0.6 is 0 Å². The van der Waals surface area contributed by atoms with Gasteiger partial charge in [-0.1, -0.05) is 19.3 Å². The largest absolute Gasteiger partial charge is 0.343 e. The zero-order valence-corrected chi connectivity index (χ0v) is 13.3. The minimum Gasteiger partial charge on any atom is -0.343 e. The molecule has 0 aromatic rings. The van der Waals surface area contributed by atoms with Gasteiger partial charge in [0.05, 0.1) is 6.07 Å². The third kappa shape index (κ3) is 4.44. The second kappa shape index (κ2) is 7.79. The molecule has 0 heterocycles. The molecule has 2 saturated carbocycles. The van der Waals surface area contributed by atoms with Gasteiger partial charge in [0.2, 0.25) is 5.91 Å². The van der Waals surface area contributed by atoms with Crippen molar-refractivity contribution in [3.8, 4) is 6.07 Å². The SMILES string of the molecule is CN(C(=O)C[C@H](N)C1CCCCC1)C1CCC(C#N)CC1. The standard InChI is InChI=1S/C17H29N3O/c1-20(15-9-7-13(12-18)8-10-15)17(21)11-16(19)14-5-3-2-4-6-14/h13-16H,2-11,19H2,1H3/t13?,15?,16-/m0/s1. The maximum absolute atomic E-state index is 12.4. The van der Waals surface area contributed by atoms with E-state index in [4.69, 9.17) is 11.0 Å². The maximum Gasteiger partial charge on any atom is 0.224 e. The Balaban J connectivity index is 1.78. The smallest absolute Gasteiger partial charge is 0.224 e. The average molecular weight is 291 g/mol. The van der Waals surface area contributed by atoms with Crippen molar-refractivity contribution in [2.75, 3.05) is 7.05 Å². The monoisotopic (exact) mass is 291 g/mol. The number of amides is 1. The van der Waals surface area contributed by atoms with Crippen LogP contribution in [0.4, 0.5) is 0 Å². The van der Waals surface area contributed by atoms with E-state index in [0.29, 0.717) is 18.4 Å². The van der Waals surface area contributed by atoms with Gasteiger partial charge in [-0.05, 0) is 44.4 Å². The van der Waals surface area contributed by atoms with Crippen LogP contribution in [0.3, 0.4) is 0 Å².